The van der Waals surface area contributed by atoms with Crippen LogP contribution in [0.15, 0.2) is 24.3 Å². The number of anilines is 1. The molecule has 1 saturated carbocycles. The lowest BCUT2D eigenvalue weighted by atomic mass is 10.2. The number of carbonyl (C=O) groups is 3. The first-order valence-corrected chi connectivity index (χ1v) is 6.66. The van der Waals surface area contributed by atoms with Crippen LogP contribution in [0.3, 0.4) is 0 Å². The van der Waals surface area contributed by atoms with E-state index in [9.17, 15) is 14.4 Å². The van der Waals surface area contributed by atoms with E-state index in [0.29, 0.717) is 17.2 Å². The average Bonchev–Trinajstić information content (AvgIpc) is 3.22. The van der Waals surface area contributed by atoms with Gasteiger partial charge >= 0.3 is 11.9 Å². The molecule has 2 atom stereocenters. The summed E-state index contributed by atoms with van der Waals surface area (Å²) in [5, 5.41) is 2.58. The normalized spacial score (nSPS) is 19.5. The molecule has 1 aromatic rings. The average molecular weight is 291 g/mol. The zero-order chi connectivity index (χ0) is 15.4. The van der Waals surface area contributed by atoms with E-state index in [-0.39, 0.29) is 18.5 Å². The fraction of sp³-hybridized carbons (Fsp3) is 0.400. The Morgan fingerprint density at radius 1 is 1.24 bits per heavy atom. The zero-order valence-electron chi connectivity index (χ0n) is 11.9. The van der Waals surface area contributed by atoms with Gasteiger partial charge in [0.2, 0.25) is 0 Å². The first-order valence-electron chi connectivity index (χ1n) is 6.66. The van der Waals surface area contributed by atoms with Crippen LogP contribution in [0.25, 0.3) is 0 Å². The number of benzene rings is 1. The number of methoxy groups -OCH3 is 1. The summed E-state index contributed by atoms with van der Waals surface area (Å²) in [7, 11) is 1.30. The van der Waals surface area contributed by atoms with Crippen LogP contribution < -0.4 is 5.32 Å². The van der Waals surface area contributed by atoms with E-state index in [1.165, 1.54) is 7.11 Å². The molecule has 1 N–H and O–H groups in total. The summed E-state index contributed by atoms with van der Waals surface area (Å²) < 4.78 is 9.50. The van der Waals surface area contributed by atoms with Gasteiger partial charge in [0, 0.05) is 5.69 Å². The van der Waals surface area contributed by atoms with Crippen molar-refractivity contribution in [1.29, 1.82) is 0 Å². The van der Waals surface area contributed by atoms with E-state index in [1.807, 2.05) is 6.92 Å². The van der Waals surface area contributed by atoms with Gasteiger partial charge in [-0.1, -0.05) is 6.92 Å². The standard InChI is InChI=1S/C15H17NO5/c1-9-7-12(9)15(19)21-8-13(17)16-11-5-3-10(4-6-11)14(18)20-2/h3-6,9,12H,7-8H2,1-2H3,(H,16,17)/t9-,12+/m0/s1. The van der Waals surface area contributed by atoms with Crippen molar-refractivity contribution in [3.05, 3.63) is 29.8 Å². The van der Waals surface area contributed by atoms with Gasteiger partial charge in [-0.3, -0.25) is 9.59 Å². The van der Waals surface area contributed by atoms with E-state index in [1.54, 1.807) is 24.3 Å². The molecule has 0 unspecified atom stereocenters. The first kappa shape index (κ1) is 15.0. The van der Waals surface area contributed by atoms with Crippen molar-refractivity contribution in [3.8, 4) is 0 Å². The number of nitrogens with one attached hydrogen (secondary N) is 1. The fourth-order valence-electron chi connectivity index (χ4n) is 1.90. The van der Waals surface area contributed by atoms with Crippen LogP contribution >= 0.6 is 0 Å². The lowest BCUT2D eigenvalue weighted by molar-refractivity contribution is -0.148. The molecule has 0 saturated heterocycles. The summed E-state index contributed by atoms with van der Waals surface area (Å²) in [6.45, 7) is 1.66. The number of ether oxygens (including phenoxy) is 2. The van der Waals surface area contributed by atoms with Gasteiger partial charge in [0.05, 0.1) is 18.6 Å². The van der Waals surface area contributed by atoms with Gasteiger partial charge in [0.1, 0.15) is 0 Å². The summed E-state index contributed by atoms with van der Waals surface area (Å²) in [6.07, 6.45) is 0.829. The molecular formula is C15H17NO5. The molecule has 0 heterocycles. The van der Waals surface area contributed by atoms with Crippen molar-refractivity contribution in [1.82, 2.24) is 0 Å². The second-order valence-electron chi connectivity index (χ2n) is 5.04. The predicted molar refractivity (Wildman–Crippen MR) is 74.6 cm³/mol. The number of carbonyl (C=O) groups excluding carboxylic acids is 3. The zero-order valence-corrected chi connectivity index (χ0v) is 11.9. The quantitative estimate of drug-likeness (QED) is 0.833. The fourth-order valence-corrected chi connectivity index (χ4v) is 1.90. The monoisotopic (exact) mass is 291 g/mol. The highest BCUT2D eigenvalue weighted by molar-refractivity contribution is 5.94. The molecule has 0 radical (unpaired) electrons. The van der Waals surface area contributed by atoms with E-state index in [0.717, 1.165) is 6.42 Å². The van der Waals surface area contributed by atoms with Gasteiger partial charge in [-0.2, -0.15) is 0 Å². The lowest BCUT2D eigenvalue weighted by Gasteiger charge is -2.07. The predicted octanol–water partition coefficient (Wildman–Crippen LogP) is 1.61. The van der Waals surface area contributed by atoms with Crippen LogP contribution in [-0.2, 0) is 19.1 Å². The summed E-state index contributed by atoms with van der Waals surface area (Å²) in [6, 6.07) is 6.24. The molecule has 0 aromatic heterocycles. The van der Waals surface area contributed by atoms with E-state index >= 15 is 0 Å². The van der Waals surface area contributed by atoms with Gasteiger partial charge in [-0.15, -0.1) is 0 Å². The molecule has 1 amide bonds. The first-order chi connectivity index (χ1) is 10.0. The van der Waals surface area contributed by atoms with Crippen molar-refractivity contribution in [3.63, 3.8) is 0 Å². The molecule has 0 aliphatic heterocycles. The molecule has 0 bridgehead atoms. The minimum absolute atomic E-state index is 0.0582. The van der Waals surface area contributed by atoms with Crippen molar-refractivity contribution in [2.45, 2.75) is 13.3 Å². The molecule has 1 aromatic carbocycles. The third-order valence-corrected chi connectivity index (χ3v) is 3.35. The molecule has 1 aliphatic rings. The summed E-state index contributed by atoms with van der Waals surface area (Å²) in [4.78, 5) is 34.4. The second kappa shape index (κ2) is 6.39. The van der Waals surface area contributed by atoms with Gasteiger partial charge in [0.25, 0.3) is 5.91 Å². The number of esters is 2. The third-order valence-electron chi connectivity index (χ3n) is 3.35. The van der Waals surface area contributed by atoms with E-state index in [4.69, 9.17) is 4.74 Å². The summed E-state index contributed by atoms with van der Waals surface area (Å²) >= 11 is 0. The number of rotatable bonds is 5. The molecule has 6 heteroatoms. The Morgan fingerprint density at radius 2 is 1.86 bits per heavy atom. The highest BCUT2D eigenvalue weighted by Gasteiger charge is 2.40. The minimum atomic E-state index is -0.444. The molecule has 1 fully saturated rings. The SMILES string of the molecule is COC(=O)c1ccc(NC(=O)COC(=O)[C@@H]2C[C@@H]2C)cc1. The second-order valence-corrected chi connectivity index (χ2v) is 5.04. The number of hydrogen-bond acceptors (Lipinski definition) is 5. The van der Waals surface area contributed by atoms with Gasteiger partial charge in [-0.05, 0) is 36.6 Å². The van der Waals surface area contributed by atoms with Crippen LogP contribution in [0, 0.1) is 11.8 Å². The summed E-state index contributed by atoms with van der Waals surface area (Å²) in [5.41, 5.74) is 0.910. The smallest absolute Gasteiger partial charge is 0.337 e. The van der Waals surface area contributed by atoms with Crippen LogP contribution in [0.1, 0.15) is 23.7 Å². The topological polar surface area (TPSA) is 81.7 Å². The van der Waals surface area contributed by atoms with Crippen molar-refractivity contribution in [2.24, 2.45) is 11.8 Å². The Labute approximate surface area is 122 Å². The van der Waals surface area contributed by atoms with Crippen LogP contribution in [0.5, 0.6) is 0 Å². The van der Waals surface area contributed by atoms with Gasteiger partial charge in [-0.25, -0.2) is 4.79 Å². The Morgan fingerprint density at radius 3 is 2.38 bits per heavy atom. The maximum Gasteiger partial charge on any atom is 0.337 e. The Bertz CT molecular complexity index is 552. The van der Waals surface area contributed by atoms with E-state index < -0.39 is 11.9 Å². The lowest BCUT2D eigenvalue weighted by Crippen LogP contribution is -2.21. The number of hydrogen-bond donors (Lipinski definition) is 1. The molecular weight excluding hydrogens is 274 g/mol. The molecule has 1 aliphatic carbocycles. The Hall–Kier alpha value is -2.37. The molecule has 112 valence electrons. The molecule has 21 heavy (non-hydrogen) atoms. The largest absolute Gasteiger partial charge is 0.465 e. The van der Waals surface area contributed by atoms with Crippen molar-refractivity contribution < 1.29 is 23.9 Å². The van der Waals surface area contributed by atoms with Gasteiger partial charge in [0.15, 0.2) is 6.61 Å². The van der Waals surface area contributed by atoms with Crippen LogP contribution in [-0.4, -0.2) is 31.6 Å². The molecule has 0 spiro atoms. The minimum Gasteiger partial charge on any atom is -0.465 e. The van der Waals surface area contributed by atoms with Crippen LogP contribution in [0.2, 0.25) is 0 Å². The summed E-state index contributed by atoms with van der Waals surface area (Å²) in [5.74, 6) is -0.884. The maximum absolute atomic E-state index is 11.6. The van der Waals surface area contributed by atoms with Crippen molar-refractivity contribution in [2.75, 3.05) is 19.0 Å². The molecule has 2 rings (SSSR count). The highest BCUT2D eigenvalue weighted by atomic mass is 16.5. The van der Waals surface area contributed by atoms with Gasteiger partial charge < -0.3 is 14.8 Å². The van der Waals surface area contributed by atoms with Crippen LogP contribution in [0.4, 0.5) is 5.69 Å². The van der Waals surface area contributed by atoms with Crippen molar-refractivity contribution >= 4 is 23.5 Å². The number of amides is 1. The Balaban J connectivity index is 1.79. The Kier molecular flexibility index (Phi) is 4.57. The molecule has 6 nitrogen and oxygen atoms in total. The van der Waals surface area contributed by atoms with E-state index in [2.05, 4.69) is 10.1 Å². The maximum atomic E-state index is 11.6. The highest BCUT2D eigenvalue weighted by Crippen LogP contribution is 2.38. The third kappa shape index (κ3) is 4.05.